The minimum absolute atomic E-state index is 1.13. The highest BCUT2D eigenvalue weighted by molar-refractivity contribution is 5.06. The first-order valence-corrected chi connectivity index (χ1v) is 5.82. The van der Waals surface area contributed by atoms with Gasteiger partial charge in [-0.15, -0.1) is 0 Å². The SMILES string of the molecule is [CH2]C(C)=CCCC(C)=CCCC(C)=CC. The summed E-state index contributed by atoms with van der Waals surface area (Å²) >= 11 is 0. The van der Waals surface area contributed by atoms with Crippen LogP contribution in [-0.4, -0.2) is 0 Å². The lowest BCUT2D eigenvalue weighted by atomic mass is 10.1. The van der Waals surface area contributed by atoms with Gasteiger partial charge in [0.25, 0.3) is 0 Å². The predicted octanol–water partition coefficient (Wildman–Crippen LogP) is 5.24. The minimum Gasteiger partial charge on any atom is -0.0887 e. The van der Waals surface area contributed by atoms with E-state index in [9.17, 15) is 0 Å². The zero-order valence-electron chi connectivity index (χ0n) is 10.8. The molecule has 0 aromatic heterocycles. The molecule has 0 unspecified atom stereocenters. The van der Waals surface area contributed by atoms with E-state index in [1.54, 1.807) is 0 Å². The highest BCUT2D eigenvalue weighted by Gasteiger charge is 1.90. The lowest BCUT2D eigenvalue weighted by molar-refractivity contribution is 0.918. The summed E-state index contributed by atoms with van der Waals surface area (Å²) in [6.45, 7) is 12.4. The van der Waals surface area contributed by atoms with Crippen LogP contribution in [0, 0.1) is 6.92 Å². The second-order valence-corrected chi connectivity index (χ2v) is 4.31. The Kier molecular flexibility index (Phi) is 8.08. The van der Waals surface area contributed by atoms with E-state index in [-0.39, 0.29) is 0 Å². The third-order valence-corrected chi connectivity index (χ3v) is 2.56. The van der Waals surface area contributed by atoms with Crippen LogP contribution in [0.15, 0.2) is 34.9 Å². The average Bonchev–Trinajstić information content (AvgIpc) is 2.17. The quantitative estimate of drug-likeness (QED) is 0.520. The summed E-state index contributed by atoms with van der Waals surface area (Å²) in [5, 5.41) is 0. The van der Waals surface area contributed by atoms with Crippen LogP contribution < -0.4 is 0 Å². The zero-order valence-corrected chi connectivity index (χ0v) is 10.8. The third kappa shape index (κ3) is 9.52. The van der Waals surface area contributed by atoms with E-state index in [0.29, 0.717) is 0 Å². The minimum atomic E-state index is 1.13. The van der Waals surface area contributed by atoms with Crippen molar-refractivity contribution < 1.29 is 0 Å². The fourth-order valence-corrected chi connectivity index (χ4v) is 1.34. The van der Waals surface area contributed by atoms with Crippen LogP contribution in [0.1, 0.15) is 53.4 Å². The van der Waals surface area contributed by atoms with Gasteiger partial charge in [0.05, 0.1) is 0 Å². The van der Waals surface area contributed by atoms with Gasteiger partial charge in [-0.2, -0.15) is 0 Å². The summed E-state index contributed by atoms with van der Waals surface area (Å²) in [5.41, 5.74) is 4.15. The smallest absolute Gasteiger partial charge is 0.0286 e. The average molecular weight is 205 g/mol. The van der Waals surface area contributed by atoms with E-state index in [2.05, 4.69) is 52.8 Å². The molecule has 85 valence electrons. The largest absolute Gasteiger partial charge is 0.0887 e. The maximum atomic E-state index is 3.87. The van der Waals surface area contributed by atoms with Crippen LogP contribution in [-0.2, 0) is 0 Å². The first kappa shape index (κ1) is 14.2. The van der Waals surface area contributed by atoms with Crippen LogP contribution in [0.5, 0.6) is 0 Å². The van der Waals surface area contributed by atoms with E-state index in [1.165, 1.54) is 36.0 Å². The lowest BCUT2D eigenvalue weighted by Crippen LogP contribution is -1.80. The van der Waals surface area contributed by atoms with Crippen molar-refractivity contribution in [2.24, 2.45) is 0 Å². The normalized spacial score (nSPS) is 14.6. The molecule has 0 rings (SSSR count). The van der Waals surface area contributed by atoms with Crippen molar-refractivity contribution in [2.75, 3.05) is 0 Å². The Morgan fingerprint density at radius 2 is 1.47 bits per heavy atom. The fourth-order valence-electron chi connectivity index (χ4n) is 1.34. The Bertz CT molecular complexity index is 247. The van der Waals surface area contributed by atoms with Gasteiger partial charge in [-0.1, -0.05) is 34.9 Å². The van der Waals surface area contributed by atoms with Gasteiger partial charge in [0.2, 0.25) is 0 Å². The zero-order chi connectivity index (χ0) is 11.7. The Hall–Kier alpha value is -0.780. The molecule has 0 bridgehead atoms. The van der Waals surface area contributed by atoms with Gasteiger partial charge in [0.1, 0.15) is 0 Å². The molecule has 15 heavy (non-hydrogen) atoms. The first-order chi connectivity index (χ1) is 7.06. The summed E-state index contributed by atoms with van der Waals surface area (Å²) in [4.78, 5) is 0. The second kappa shape index (κ2) is 8.52. The first-order valence-electron chi connectivity index (χ1n) is 5.82. The highest BCUT2D eigenvalue weighted by atomic mass is 14.0. The Labute approximate surface area is 95.8 Å². The summed E-state index contributed by atoms with van der Waals surface area (Å²) in [5.74, 6) is 0. The molecule has 0 aromatic rings. The molecule has 0 nitrogen and oxygen atoms in total. The van der Waals surface area contributed by atoms with Crippen molar-refractivity contribution in [1.82, 2.24) is 0 Å². The molecule has 0 fully saturated rings. The number of hydrogen-bond donors (Lipinski definition) is 0. The molecular weight excluding hydrogens is 180 g/mol. The van der Waals surface area contributed by atoms with Gasteiger partial charge >= 0.3 is 0 Å². The number of rotatable bonds is 6. The van der Waals surface area contributed by atoms with Crippen molar-refractivity contribution in [3.05, 3.63) is 41.9 Å². The fraction of sp³-hybridized carbons (Fsp3) is 0.533. The molecule has 0 amide bonds. The van der Waals surface area contributed by atoms with Gasteiger partial charge in [-0.05, 0) is 60.3 Å². The molecule has 0 atom stereocenters. The van der Waals surface area contributed by atoms with Gasteiger partial charge in [-0.25, -0.2) is 0 Å². The van der Waals surface area contributed by atoms with E-state index < -0.39 is 0 Å². The van der Waals surface area contributed by atoms with E-state index in [0.717, 1.165) is 6.42 Å². The summed E-state index contributed by atoms with van der Waals surface area (Å²) in [6.07, 6.45) is 11.4. The molecule has 0 heterocycles. The standard InChI is InChI=1S/C15H25/c1-6-14(4)10-8-12-15(5)11-7-9-13(2)3/h6,9,12H,2,7-8,10-11H2,1,3-5H3. The van der Waals surface area contributed by atoms with Crippen LogP contribution in [0.2, 0.25) is 0 Å². The van der Waals surface area contributed by atoms with Gasteiger partial charge in [0, 0.05) is 0 Å². The summed E-state index contributed by atoms with van der Waals surface area (Å²) in [6, 6.07) is 0. The highest BCUT2D eigenvalue weighted by Crippen LogP contribution is 2.10. The molecular formula is C15H25. The van der Waals surface area contributed by atoms with Crippen LogP contribution in [0.4, 0.5) is 0 Å². The molecule has 0 aromatic carbocycles. The molecule has 0 spiro atoms. The van der Waals surface area contributed by atoms with Crippen molar-refractivity contribution in [2.45, 2.75) is 53.4 Å². The van der Waals surface area contributed by atoms with Crippen molar-refractivity contribution in [1.29, 1.82) is 0 Å². The van der Waals surface area contributed by atoms with Crippen molar-refractivity contribution in [3.8, 4) is 0 Å². The van der Waals surface area contributed by atoms with Crippen molar-refractivity contribution >= 4 is 0 Å². The number of allylic oxidation sites excluding steroid dienone is 6. The topological polar surface area (TPSA) is 0 Å². The Morgan fingerprint density at radius 3 is 2.00 bits per heavy atom. The van der Waals surface area contributed by atoms with E-state index >= 15 is 0 Å². The number of hydrogen-bond acceptors (Lipinski definition) is 0. The molecule has 1 radical (unpaired) electrons. The monoisotopic (exact) mass is 205 g/mol. The summed E-state index contributed by atoms with van der Waals surface area (Å²) in [7, 11) is 0. The second-order valence-electron chi connectivity index (χ2n) is 4.31. The van der Waals surface area contributed by atoms with Crippen molar-refractivity contribution in [3.63, 3.8) is 0 Å². The Morgan fingerprint density at radius 1 is 0.933 bits per heavy atom. The van der Waals surface area contributed by atoms with E-state index in [4.69, 9.17) is 0 Å². The van der Waals surface area contributed by atoms with Crippen LogP contribution >= 0.6 is 0 Å². The third-order valence-electron chi connectivity index (χ3n) is 2.56. The maximum Gasteiger partial charge on any atom is -0.0286 e. The molecule has 0 aliphatic heterocycles. The Balaban J connectivity index is 3.75. The molecule has 0 saturated heterocycles. The van der Waals surface area contributed by atoms with E-state index in [1.807, 2.05) is 0 Å². The van der Waals surface area contributed by atoms with Crippen LogP contribution in [0.3, 0.4) is 0 Å². The summed E-state index contributed by atoms with van der Waals surface area (Å²) < 4.78 is 0. The van der Waals surface area contributed by atoms with Crippen LogP contribution in [0.25, 0.3) is 0 Å². The predicted molar refractivity (Wildman–Crippen MR) is 70.8 cm³/mol. The maximum absolute atomic E-state index is 3.87. The van der Waals surface area contributed by atoms with Gasteiger partial charge in [-0.3, -0.25) is 0 Å². The molecule has 0 aliphatic carbocycles. The van der Waals surface area contributed by atoms with Gasteiger partial charge in [0.15, 0.2) is 0 Å². The lowest BCUT2D eigenvalue weighted by Gasteiger charge is -2.00. The molecule has 0 N–H and O–H groups in total. The molecule has 0 aliphatic rings. The molecule has 0 heteroatoms. The van der Waals surface area contributed by atoms with Gasteiger partial charge < -0.3 is 0 Å². The molecule has 0 saturated carbocycles.